The minimum Gasteiger partial charge on any atom is -0.445 e. The van der Waals surface area contributed by atoms with Gasteiger partial charge in [-0.25, -0.2) is 4.79 Å². The Bertz CT molecular complexity index is 524. The highest BCUT2D eigenvalue weighted by molar-refractivity contribution is 5.70. The third kappa shape index (κ3) is 2.43. The first-order valence-electron chi connectivity index (χ1n) is 7.08. The summed E-state index contributed by atoms with van der Waals surface area (Å²) in [6.07, 6.45) is 2.87. The Morgan fingerprint density at radius 1 is 1.30 bits per heavy atom. The van der Waals surface area contributed by atoms with E-state index in [1.165, 1.54) is 11.1 Å². The molecule has 1 aromatic rings. The summed E-state index contributed by atoms with van der Waals surface area (Å²) in [6, 6.07) is 9.47. The Morgan fingerprint density at radius 3 is 2.85 bits per heavy atom. The number of carbonyl (C=O) groups excluding carboxylic acids is 1. The van der Waals surface area contributed by atoms with Crippen LogP contribution in [0.1, 0.15) is 24.8 Å². The van der Waals surface area contributed by atoms with E-state index in [-0.39, 0.29) is 25.3 Å². The van der Waals surface area contributed by atoms with E-state index in [2.05, 4.69) is 0 Å². The van der Waals surface area contributed by atoms with E-state index in [0.717, 1.165) is 24.8 Å². The number of hydrogen-bond acceptors (Lipinski definition) is 3. The zero-order valence-corrected chi connectivity index (χ0v) is 11.4. The van der Waals surface area contributed by atoms with E-state index in [9.17, 15) is 9.90 Å². The molecular formula is C16H19NO3. The fourth-order valence-corrected chi connectivity index (χ4v) is 3.12. The van der Waals surface area contributed by atoms with E-state index in [4.69, 9.17) is 4.74 Å². The van der Waals surface area contributed by atoms with E-state index in [1.54, 1.807) is 4.90 Å². The Labute approximate surface area is 118 Å². The van der Waals surface area contributed by atoms with Crippen LogP contribution in [0.25, 0.3) is 0 Å². The maximum Gasteiger partial charge on any atom is 0.410 e. The van der Waals surface area contributed by atoms with Gasteiger partial charge in [0.25, 0.3) is 0 Å². The fourth-order valence-electron chi connectivity index (χ4n) is 3.12. The lowest BCUT2D eigenvalue weighted by atomic mass is 10.1. The van der Waals surface area contributed by atoms with Crippen LogP contribution in [0, 0.1) is 0 Å². The van der Waals surface area contributed by atoms with Crippen LogP contribution in [0.5, 0.6) is 0 Å². The molecule has 3 rings (SSSR count). The first kappa shape index (κ1) is 13.2. The third-order valence-corrected chi connectivity index (χ3v) is 4.13. The highest BCUT2D eigenvalue weighted by Crippen LogP contribution is 2.37. The van der Waals surface area contributed by atoms with Crippen LogP contribution in [-0.2, 0) is 11.3 Å². The highest BCUT2D eigenvalue weighted by atomic mass is 16.6. The molecule has 0 aromatic heterocycles. The standard InChI is InChI=1S/C16H19NO3/c18-10-15-14-8-4-7-13(14)9-17(15)16(19)20-11-12-5-2-1-3-6-12/h1-3,5-6,15,18H,4,7-11H2. The van der Waals surface area contributed by atoms with Gasteiger partial charge in [0.05, 0.1) is 12.6 Å². The zero-order chi connectivity index (χ0) is 13.9. The molecule has 1 aliphatic heterocycles. The Morgan fingerprint density at radius 2 is 2.10 bits per heavy atom. The van der Waals surface area contributed by atoms with Gasteiger partial charge in [0, 0.05) is 6.54 Å². The number of rotatable bonds is 3. The lowest BCUT2D eigenvalue weighted by molar-refractivity contribution is 0.0810. The van der Waals surface area contributed by atoms with Crippen molar-refractivity contribution in [2.75, 3.05) is 13.2 Å². The minimum absolute atomic E-state index is 0.0146. The van der Waals surface area contributed by atoms with E-state index in [0.29, 0.717) is 6.54 Å². The van der Waals surface area contributed by atoms with Gasteiger partial charge >= 0.3 is 6.09 Å². The van der Waals surface area contributed by atoms with Crippen molar-refractivity contribution in [1.82, 2.24) is 4.90 Å². The topological polar surface area (TPSA) is 49.8 Å². The molecular weight excluding hydrogens is 254 g/mol. The zero-order valence-electron chi connectivity index (χ0n) is 11.4. The number of benzene rings is 1. The summed E-state index contributed by atoms with van der Waals surface area (Å²) >= 11 is 0. The Balaban J connectivity index is 1.61. The van der Waals surface area contributed by atoms with Crippen molar-refractivity contribution in [2.45, 2.75) is 31.9 Å². The predicted octanol–water partition coefficient (Wildman–Crippen LogP) is 2.48. The van der Waals surface area contributed by atoms with Crippen LogP contribution >= 0.6 is 0 Å². The molecule has 1 N–H and O–H groups in total. The first-order chi connectivity index (χ1) is 9.79. The Hall–Kier alpha value is -1.81. The average molecular weight is 273 g/mol. The summed E-state index contributed by atoms with van der Waals surface area (Å²) in [4.78, 5) is 13.8. The summed E-state index contributed by atoms with van der Waals surface area (Å²) in [5.41, 5.74) is 3.55. The number of aliphatic hydroxyl groups excluding tert-OH is 1. The molecule has 2 aliphatic rings. The second kappa shape index (κ2) is 5.67. The van der Waals surface area contributed by atoms with Crippen LogP contribution in [0.15, 0.2) is 41.5 Å². The van der Waals surface area contributed by atoms with Crippen molar-refractivity contribution < 1.29 is 14.6 Å². The first-order valence-corrected chi connectivity index (χ1v) is 7.08. The maximum atomic E-state index is 12.2. The number of amides is 1. The molecule has 1 aromatic carbocycles. The van der Waals surface area contributed by atoms with E-state index >= 15 is 0 Å². The molecule has 106 valence electrons. The lowest BCUT2D eigenvalue weighted by Crippen LogP contribution is -2.40. The third-order valence-electron chi connectivity index (χ3n) is 4.13. The highest BCUT2D eigenvalue weighted by Gasteiger charge is 2.37. The van der Waals surface area contributed by atoms with Crippen LogP contribution in [0.4, 0.5) is 4.79 Å². The average Bonchev–Trinajstić information content (AvgIpc) is 3.06. The van der Waals surface area contributed by atoms with Crippen molar-refractivity contribution in [1.29, 1.82) is 0 Å². The molecule has 0 bridgehead atoms. The monoisotopic (exact) mass is 273 g/mol. The summed E-state index contributed by atoms with van der Waals surface area (Å²) in [5.74, 6) is 0. The summed E-state index contributed by atoms with van der Waals surface area (Å²) in [6.45, 7) is 0.881. The summed E-state index contributed by atoms with van der Waals surface area (Å²) in [5, 5.41) is 9.53. The second-order valence-corrected chi connectivity index (χ2v) is 5.35. The van der Waals surface area contributed by atoms with Crippen LogP contribution < -0.4 is 0 Å². The number of likely N-dealkylation sites (tertiary alicyclic amines) is 1. The quantitative estimate of drug-likeness (QED) is 0.861. The molecule has 1 atom stereocenters. The molecule has 20 heavy (non-hydrogen) atoms. The number of hydrogen-bond donors (Lipinski definition) is 1. The molecule has 0 saturated heterocycles. The van der Waals surface area contributed by atoms with Gasteiger partial charge in [0.2, 0.25) is 0 Å². The van der Waals surface area contributed by atoms with Gasteiger partial charge in [-0.3, -0.25) is 4.90 Å². The molecule has 0 spiro atoms. The van der Waals surface area contributed by atoms with E-state index in [1.807, 2.05) is 30.3 Å². The maximum absolute atomic E-state index is 12.2. The largest absolute Gasteiger partial charge is 0.445 e. The molecule has 1 unspecified atom stereocenters. The van der Waals surface area contributed by atoms with Crippen LogP contribution in [0.3, 0.4) is 0 Å². The molecule has 4 heteroatoms. The van der Waals surface area contributed by atoms with Gasteiger partial charge in [-0.05, 0) is 36.0 Å². The SMILES string of the molecule is O=C(OCc1ccccc1)N1CC2=C(CCC2)C1CO. The summed E-state index contributed by atoms with van der Waals surface area (Å²) in [7, 11) is 0. The van der Waals surface area contributed by atoms with Crippen LogP contribution in [-0.4, -0.2) is 35.3 Å². The van der Waals surface area contributed by atoms with Gasteiger partial charge in [0.1, 0.15) is 6.61 Å². The molecule has 0 radical (unpaired) electrons. The molecule has 0 saturated carbocycles. The number of carbonyl (C=O) groups is 1. The van der Waals surface area contributed by atoms with Gasteiger partial charge in [0.15, 0.2) is 0 Å². The normalized spacial score (nSPS) is 21.2. The minimum atomic E-state index is -0.331. The van der Waals surface area contributed by atoms with Crippen molar-refractivity contribution in [3.05, 3.63) is 47.0 Å². The van der Waals surface area contributed by atoms with Crippen LogP contribution in [0.2, 0.25) is 0 Å². The molecule has 1 heterocycles. The number of aliphatic hydroxyl groups is 1. The van der Waals surface area contributed by atoms with Crippen molar-refractivity contribution in [2.24, 2.45) is 0 Å². The van der Waals surface area contributed by atoms with Crippen molar-refractivity contribution in [3.8, 4) is 0 Å². The van der Waals surface area contributed by atoms with Crippen molar-refractivity contribution in [3.63, 3.8) is 0 Å². The molecule has 0 fully saturated rings. The molecule has 1 amide bonds. The number of nitrogens with zero attached hydrogens (tertiary/aromatic N) is 1. The molecule has 4 nitrogen and oxygen atoms in total. The van der Waals surface area contributed by atoms with Gasteiger partial charge < -0.3 is 9.84 Å². The van der Waals surface area contributed by atoms with Gasteiger partial charge in [-0.15, -0.1) is 0 Å². The van der Waals surface area contributed by atoms with Gasteiger partial charge in [-0.2, -0.15) is 0 Å². The fraction of sp³-hybridized carbons (Fsp3) is 0.438. The van der Waals surface area contributed by atoms with Gasteiger partial charge in [-0.1, -0.05) is 30.3 Å². The Kier molecular flexibility index (Phi) is 3.74. The summed E-state index contributed by atoms with van der Waals surface area (Å²) < 4.78 is 5.36. The van der Waals surface area contributed by atoms with Crippen molar-refractivity contribution >= 4 is 6.09 Å². The predicted molar refractivity (Wildman–Crippen MR) is 75.1 cm³/mol. The smallest absolute Gasteiger partial charge is 0.410 e. The lowest BCUT2D eigenvalue weighted by Gasteiger charge is -2.25. The second-order valence-electron chi connectivity index (χ2n) is 5.35. The van der Waals surface area contributed by atoms with E-state index < -0.39 is 0 Å². The molecule has 1 aliphatic carbocycles. The number of ether oxygens (including phenoxy) is 1.